The van der Waals surface area contributed by atoms with E-state index in [-0.39, 0.29) is 4.47 Å². The fraction of sp³-hybridized carbons (Fsp3) is 0.286. The summed E-state index contributed by atoms with van der Waals surface area (Å²) in [5.74, 6) is -7.57. The summed E-state index contributed by atoms with van der Waals surface area (Å²) in [4.78, 5) is 10.8. The van der Waals surface area contributed by atoms with Crippen LogP contribution >= 0.6 is 15.9 Å². The van der Waals surface area contributed by atoms with Crippen LogP contribution in [-0.4, -0.2) is 18.1 Å². The minimum atomic E-state index is -4.72. The van der Waals surface area contributed by atoms with Crippen LogP contribution in [0.25, 0.3) is 0 Å². The Morgan fingerprint density at radius 1 is 1.50 bits per heavy atom. The predicted octanol–water partition coefficient (Wildman–Crippen LogP) is 3.13. The second kappa shape index (κ2) is 3.72. The molecule has 0 atom stereocenters. The SMILES string of the molecule is O=C(c1occc1Br)C(F)(F)C(F)F. The van der Waals surface area contributed by atoms with Crippen molar-refractivity contribution in [2.45, 2.75) is 12.3 Å². The van der Waals surface area contributed by atoms with E-state index in [1.807, 2.05) is 0 Å². The van der Waals surface area contributed by atoms with Crippen LogP contribution in [0, 0.1) is 0 Å². The number of alkyl halides is 4. The highest BCUT2D eigenvalue weighted by Crippen LogP contribution is 2.30. The number of hydrogen-bond acceptors (Lipinski definition) is 2. The normalized spacial score (nSPS) is 12.1. The van der Waals surface area contributed by atoms with E-state index < -0.39 is 23.9 Å². The molecule has 7 heteroatoms. The van der Waals surface area contributed by atoms with Gasteiger partial charge in [-0.05, 0) is 22.0 Å². The summed E-state index contributed by atoms with van der Waals surface area (Å²) in [5, 5.41) is 0. The number of hydrogen-bond donors (Lipinski definition) is 0. The third-order valence-corrected chi connectivity index (χ3v) is 2.02. The molecule has 0 saturated heterocycles. The zero-order valence-corrected chi connectivity index (χ0v) is 8.02. The zero-order valence-electron chi connectivity index (χ0n) is 6.44. The Kier molecular flexibility index (Phi) is 2.98. The number of ketones is 1. The number of furan rings is 1. The summed E-state index contributed by atoms with van der Waals surface area (Å²) in [7, 11) is 0. The molecule has 0 saturated carbocycles. The van der Waals surface area contributed by atoms with Gasteiger partial charge in [-0.15, -0.1) is 0 Å². The molecule has 0 bridgehead atoms. The lowest BCUT2D eigenvalue weighted by atomic mass is 10.2. The van der Waals surface area contributed by atoms with Crippen molar-refractivity contribution in [3.05, 3.63) is 22.6 Å². The van der Waals surface area contributed by atoms with E-state index in [4.69, 9.17) is 0 Å². The molecule has 0 aliphatic rings. The molecule has 1 aromatic rings. The third kappa shape index (κ3) is 1.82. The lowest BCUT2D eigenvalue weighted by Gasteiger charge is -2.11. The monoisotopic (exact) mass is 274 g/mol. The highest BCUT2D eigenvalue weighted by atomic mass is 79.9. The van der Waals surface area contributed by atoms with Gasteiger partial charge in [-0.2, -0.15) is 8.78 Å². The highest BCUT2D eigenvalue weighted by molar-refractivity contribution is 9.10. The molecule has 0 spiro atoms. The molecule has 0 fully saturated rings. The van der Waals surface area contributed by atoms with Gasteiger partial charge in [-0.1, -0.05) is 0 Å². The van der Waals surface area contributed by atoms with Gasteiger partial charge in [-0.3, -0.25) is 4.79 Å². The number of carbonyl (C=O) groups excluding carboxylic acids is 1. The van der Waals surface area contributed by atoms with Gasteiger partial charge < -0.3 is 4.42 Å². The maximum Gasteiger partial charge on any atom is 0.372 e. The van der Waals surface area contributed by atoms with E-state index in [1.165, 1.54) is 0 Å². The summed E-state index contributed by atoms with van der Waals surface area (Å²) >= 11 is 2.72. The highest BCUT2D eigenvalue weighted by Gasteiger charge is 2.51. The van der Waals surface area contributed by atoms with E-state index in [2.05, 4.69) is 20.3 Å². The number of carbonyl (C=O) groups is 1. The average Bonchev–Trinajstić information content (AvgIpc) is 2.49. The molecule has 0 N–H and O–H groups in total. The van der Waals surface area contributed by atoms with Gasteiger partial charge in [0.05, 0.1) is 10.7 Å². The standard InChI is InChI=1S/C7H3BrF4O2/c8-3-1-2-14-4(3)5(13)7(11,12)6(9)10/h1-2,6H. The van der Waals surface area contributed by atoms with Gasteiger partial charge >= 0.3 is 12.3 Å². The van der Waals surface area contributed by atoms with E-state index in [9.17, 15) is 22.4 Å². The van der Waals surface area contributed by atoms with Crippen molar-refractivity contribution in [3.63, 3.8) is 0 Å². The third-order valence-electron chi connectivity index (χ3n) is 1.40. The summed E-state index contributed by atoms with van der Waals surface area (Å²) in [6.45, 7) is 0. The minimum Gasteiger partial charge on any atom is -0.460 e. The lowest BCUT2D eigenvalue weighted by Crippen LogP contribution is -2.36. The van der Waals surface area contributed by atoms with E-state index >= 15 is 0 Å². The lowest BCUT2D eigenvalue weighted by molar-refractivity contribution is -0.0969. The van der Waals surface area contributed by atoms with Gasteiger partial charge in [0.2, 0.25) is 0 Å². The predicted molar refractivity (Wildman–Crippen MR) is 41.7 cm³/mol. The molecule has 14 heavy (non-hydrogen) atoms. The molecule has 1 heterocycles. The number of Topliss-reactive ketones (excluding diaryl/α,β-unsaturated/α-hetero) is 1. The molecule has 0 aliphatic carbocycles. The Bertz CT molecular complexity index is 347. The van der Waals surface area contributed by atoms with Crippen LogP contribution < -0.4 is 0 Å². The molecule has 78 valence electrons. The summed E-state index contributed by atoms with van der Waals surface area (Å²) in [6, 6.07) is 1.16. The largest absolute Gasteiger partial charge is 0.460 e. The summed E-state index contributed by atoms with van der Waals surface area (Å²) < 4.78 is 52.8. The van der Waals surface area contributed by atoms with E-state index in [0.29, 0.717) is 0 Å². The van der Waals surface area contributed by atoms with Crippen LogP contribution in [0.15, 0.2) is 21.2 Å². The molecule has 0 amide bonds. The van der Waals surface area contributed by atoms with Gasteiger partial charge in [0, 0.05) is 0 Å². The summed E-state index contributed by atoms with van der Waals surface area (Å²) in [5.41, 5.74) is 0. The van der Waals surface area contributed by atoms with Crippen LogP contribution in [0.3, 0.4) is 0 Å². The molecule has 0 aromatic carbocycles. The van der Waals surface area contributed by atoms with Crippen molar-refractivity contribution in [3.8, 4) is 0 Å². The van der Waals surface area contributed by atoms with Crippen molar-refractivity contribution in [1.29, 1.82) is 0 Å². The smallest absolute Gasteiger partial charge is 0.372 e. The fourth-order valence-electron chi connectivity index (χ4n) is 0.706. The van der Waals surface area contributed by atoms with E-state index in [0.717, 1.165) is 12.3 Å². The Morgan fingerprint density at radius 3 is 2.43 bits per heavy atom. The topological polar surface area (TPSA) is 30.2 Å². The molecular formula is C7H3BrF4O2. The van der Waals surface area contributed by atoms with Crippen LogP contribution in [0.1, 0.15) is 10.6 Å². The Labute approximate surface area is 84.0 Å². The van der Waals surface area contributed by atoms with Crippen LogP contribution in [0.2, 0.25) is 0 Å². The number of halogens is 5. The van der Waals surface area contributed by atoms with Crippen molar-refractivity contribution >= 4 is 21.7 Å². The maximum absolute atomic E-state index is 12.5. The van der Waals surface area contributed by atoms with Crippen LogP contribution in [-0.2, 0) is 0 Å². The minimum absolute atomic E-state index is 0.0807. The first-order chi connectivity index (χ1) is 6.37. The number of rotatable bonds is 3. The second-order valence-electron chi connectivity index (χ2n) is 2.35. The van der Waals surface area contributed by atoms with Crippen LogP contribution in [0.4, 0.5) is 17.6 Å². The quantitative estimate of drug-likeness (QED) is 0.626. The maximum atomic E-state index is 12.5. The first-order valence-corrected chi connectivity index (χ1v) is 4.10. The van der Waals surface area contributed by atoms with Crippen molar-refractivity contribution in [1.82, 2.24) is 0 Å². The first kappa shape index (κ1) is 11.2. The van der Waals surface area contributed by atoms with Crippen LogP contribution in [0.5, 0.6) is 0 Å². The molecule has 0 radical (unpaired) electrons. The second-order valence-corrected chi connectivity index (χ2v) is 3.20. The van der Waals surface area contributed by atoms with Gasteiger partial charge in [0.15, 0.2) is 5.76 Å². The molecular weight excluding hydrogens is 272 g/mol. The van der Waals surface area contributed by atoms with E-state index in [1.54, 1.807) is 0 Å². The molecule has 1 aromatic heterocycles. The molecule has 2 nitrogen and oxygen atoms in total. The Hall–Kier alpha value is -0.850. The Balaban J connectivity index is 3.02. The van der Waals surface area contributed by atoms with Gasteiger partial charge in [0.25, 0.3) is 5.78 Å². The van der Waals surface area contributed by atoms with Crippen molar-refractivity contribution in [2.75, 3.05) is 0 Å². The zero-order chi connectivity index (χ0) is 10.9. The van der Waals surface area contributed by atoms with Crippen molar-refractivity contribution < 1.29 is 26.8 Å². The Morgan fingerprint density at radius 2 is 2.07 bits per heavy atom. The van der Waals surface area contributed by atoms with Gasteiger partial charge in [-0.25, -0.2) is 8.78 Å². The molecule has 0 aliphatic heterocycles. The fourth-order valence-corrected chi connectivity index (χ4v) is 1.09. The average molecular weight is 275 g/mol. The first-order valence-electron chi connectivity index (χ1n) is 3.31. The van der Waals surface area contributed by atoms with Gasteiger partial charge in [0.1, 0.15) is 0 Å². The molecule has 0 unspecified atom stereocenters. The van der Waals surface area contributed by atoms with Crippen molar-refractivity contribution in [2.24, 2.45) is 0 Å². The molecule has 1 rings (SSSR count). The summed E-state index contributed by atoms with van der Waals surface area (Å²) in [6.07, 6.45) is -3.11.